The van der Waals surface area contributed by atoms with Gasteiger partial charge in [0.1, 0.15) is 12.4 Å². The van der Waals surface area contributed by atoms with Crippen molar-refractivity contribution in [3.05, 3.63) is 71.6 Å². The van der Waals surface area contributed by atoms with E-state index in [0.29, 0.717) is 11.3 Å². The molecule has 0 heterocycles. The minimum absolute atomic E-state index is 0.205. The number of anilines is 1. The van der Waals surface area contributed by atoms with Crippen LogP contribution in [0.4, 0.5) is 14.9 Å². The first-order valence-electron chi connectivity index (χ1n) is 6.82. The van der Waals surface area contributed by atoms with Gasteiger partial charge in [0.2, 0.25) is 0 Å². The van der Waals surface area contributed by atoms with E-state index in [9.17, 15) is 9.18 Å². The monoisotopic (exact) mass is 300 g/mol. The van der Waals surface area contributed by atoms with Gasteiger partial charge < -0.3 is 15.8 Å². The zero-order chi connectivity index (χ0) is 15.8. The lowest BCUT2D eigenvalue weighted by Crippen LogP contribution is -2.24. The highest BCUT2D eigenvalue weighted by Gasteiger charge is 2.02. The van der Waals surface area contributed by atoms with Crippen molar-refractivity contribution in [3.63, 3.8) is 0 Å². The number of rotatable bonds is 5. The Kier molecular flexibility index (Phi) is 5.54. The molecule has 0 unspecified atom stereocenters. The number of halogens is 1. The maximum absolute atomic E-state index is 13.5. The van der Waals surface area contributed by atoms with E-state index in [1.807, 2.05) is 30.3 Å². The summed E-state index contributed by atoms with van der Waals surface area (Å²) in [6, 6.07) is 13.9. The molecule has 0 spiro atoms. The normalized spacial score (nSPS) is 10.6. The highest BCUT2D eigenvalue weighted by Crippen LogP contribution is 2.16. The Morgan fingerprint density at radius 1 is 1.18 bits per heavy atom. The molecule has 0 aliphatic rings. The highest BCUT2D eigenvalue weighted by atomic mass is 19.1. The summed E-state index contributed by atoms with van der Waals surface area (Å²) in [5.41, 5.74) is 7.24. The summed E-state index contributed by atoms with van der Waals surface area (Å²) in [6.07, 6.45) is 2.61. The molecular formula is C17H17FN2O2. The third kappa shape index (κ3) is 4.63. The molecule has 22 heavy (non-hydrogen) atoms. The van der Waals surface area contributed by atoms with E-state index in [1.165, 1.54) is 12.1 Å². The predicted molar refractivity (Wildman–Crippen MR) is 84.5 cm³/mol. The largest absolute Gasteiger partial charge is 0.445 e. The molecular weight excluding hydrogens is 283 g/mol. The maximum Gasteiger partial charge on any atom is 0.407 e. The Morgan fingerprint density at radius 2 is 1.95 bits per heavy atom. The van der Waals surface area contributed by atoms with Crippen LogP contribution in [0.3, 0.4) is 0 Å². The van der Waals surface area contributed by atoms with Crippen molar-refractivity contribution in [2.45, 2.75) is 6.61 Å². The van der Waals surface area contributed by atoms with Crippen molar-refractivity contribution in [2.75, 3.05) is 12.3 Å². The number of nitrogens with two attached hydrogens (primary N) is 1. The van der Waals surface area contributed by atoms with Gasteiger partial charge >= 0.3 is 6.09 Å². The average molecular weight is 300 g/mol. The predicted octanol–water partition coefficient (Wildman–Crippen LogP) is 3.35. The molecule has 114 valence electrons. The van der Waals surface area contributed by atoms with Gasteiger partial charge in [0, 0.05) is 17.8 Å². The van der Waals surface area contributed by atoms with Gasteiger partial charge in [0.05, 0.1) is 0 Å². The fourth-order valence-electron chi connectivity index (χ4n) is 1.82. The molecule has 2 aromatic rings. The fraction of sp³-hybridized carbons (Fsp3) is 0.118. The summed E-state index contributed by atoms with van der Waals surface area (Å²) < 4.78 is 18.5. The Bertz CT molecular complexity index is 637. The quantitative estimate of drug-likeness (QED) is 0.832. The van der Waals surface area contributed by atoms with Gasteiger partial charge in [0.15, 0.2) is 0 Å². The molecule has 2 aromatic carbocycles. The first-order chi connectivity index (χ1) is 10.7. The molecule has 0 fully saturated rings. The summed E-state index contributed by atoms with van der Waals surface area (Å²) in [6.45, 7) is 0.429. The summed E-state index contributed by atoms with van der Waals surface area (Å²) in [7, 11) is 0. The molecule has 0 radical (unpaired) electrons. The van der Waals surface area contributed by atoms with Crippen molar-refractivity contribution in [1.29, 1.82) is 0 Å². The molecule has 2 rings (SSSR count). The van der Waals surface area contributed by atoms with Crippen molar-refractivity contribution >= 4 is 17.9 Å². The van der Waals surface area contributed by atoms with Crippen molar-refractivity contribution in [1.82, 2.24) is 5.32 Å². The number of hydrogen-bond donors (Lipinski definition) is 2. The van der Waals surface area contributed by atoms with Crippen molar-refractivity contribution < 1.29 is 13.9 Å². The number of nitrogens with one attached hydrogen (secondary N) is 1. The Hall–Kier alpha value is -2.82. The van der Waals surface area contributed by atoms with Gasteiger partial charge in [-0.3, -0.25) is 0 Å². The third-order valence-corrected chi connectivity index (χ3v) is 2.95. The van der Waals surface area contributed by atoms with E-state index < -0.39 is 11.9 Å². The molecule has 5 heteroatoms. The standard InChI is InChI=1S/C17H17FN2O2/c18-15-9-4-10-16(19)14(15)8-5-11-20-17(21)22-12-13-6-2-1-3-7-13/h1-10H,11-12,19H2,(H,20,21). The van der Waals surface area contributed by atoms with E-state index in [2.05, 4.69) is 5.32 Å². The zero-order valence-corrected chi connectivity index (χ0v) is 12.0. The van der Waals surface area contributed by atoms with Gasteiger partial charge in [0.25, 0.3) is 0 Å². The number of alkyl carbamates (subject to hydrolysis) is 1. The van der Waals surface area contributed by atoms with Crippen LogP contribution in [0, 0.1) is 5.82 Å². The van der Waals surface area contributed by atoms with Crippen molar-refractivity contribution in [3.8, 4) is 0 Å². The second-order valence-corrected chi connectivity index (χ2v) is 4.59. The Morgan fingerprint density at radius 3 is 2.68 bits per heavy atom. The lowest BCUT2D eigenvalue weighted by molar-refractivity contribution is 0.141. The van der Waals surface area contributed by atoms with E-state index in [-0.39, 0.29) is 13.2 Å². The SMILES string of the molecule is Nc1cccc(F)c1C=CCNC(=O)OCc1ccccc1. The number of carbonyl (C=O) groups is 1. The first kappa shape index (κ1) is 15.6. The van der Waals surface area contributed by atoms with Crippen LogP contribution in [0.1, 0.15) is 11.1 Å². The second kappa shape index (κ2) is 7.83. The van der Waals surface area contributed by atoms with Gasteiger partial charge in [-0.05, 0) is 17.7 Å². The lowest BCUT2D eigenvalue weighted by atomic mass is 10.1. The molecule has 0 saturated carbocycles. The minimum Gasteiger partial charge on any atom is -0.445 e. The average Bonchev–Trinajstić information content (AvgIpc) is 2.53. The van der Waals surface area contributed by atoms with Crippen LogP contribution in [0.5, 0.6) is 0 Å². The molecule has 0 aliphatic heterocycles. The Labute approximate surface area is 128 Å². The number of ether oxygens (including phenoxy) is 1. The van der Waals surface area contributed by atoms with Crippen LogP contribution in [0.2, 0.25) is 0 Å². The number of benzene rings is 2. The topological polar surface area (TPSA) is 64.3 Å². The molecule has 4 nitrogen and oxygen atoms in total. The number of nitrogen functional groups attached to an aromatic ring is 1. The van der Waals surface area contributed by atoms with Gasteiger partial charge in [-0.15, -0.1) is 0 Å². The van der Waals surface area contributed by atoms with Crippen molar-refractivity contribution in [2.24, 2.45) is 0 Å². The van der Waals surface area contributed by atoms with Crippen LogP contribution < -0.4 is 11.1 Å². The molecule has 0 bridgehead atoms. The lowest BCUT2D eigenvalue weighted by Gasteiger charge is -2.05. The first-order valence-corrected chi connectivity index (χ1v) is 6.82. The third-order valence-electron chi connectivity index (χ3n) is 2.95. The summed E-state index contributed by atoms with van der Waals surface area (Å²) in [5, 5.41) is 2.55. The summed E-state index contributed by atoms with van der Waals surface area (Å²) in [5.74, 6) is -0.400. The van der Waals surface area contributed by atoms with E-state index >= 15 is 0 Å². The Balaban J connectivity index is 1.76. The molecule has 0 atom stereocenters. The van der Waals surface area contributed by atoms with E-state index in [1.54, 1.807) is 18.2 Å². The van der Waals surface area contributed by atoms with Crippen LogP contribution in [0.25, 0.3) is 6.08 Å². The van der Waals surface area contributed by atoms with Crippen LogP contribution in [-0.2, 0) is 11.3 Å². The second-order valence-electron chi connectivity index (χ2n) is 4.59. The maximum atomic E-state index is 13.5. The molecule has 3 N–H and O–H groups in total. The van der Waals surface area contributed by atoms with E-state index in [0.717, 1.165) is 5.56 Å². The van der Waals surface area contributed by atoms with E-state index in [4.69, 9.17) is 10.5 Å². The minimum atomic E-state index is -0.532. The zero-order valence-electron chi connectivity index (χ0n) is 12.0. The van der Waals surface area contributed by atoms with Crippen LogP contribution >= 0.6 is 0 Å². The smallest absolute Gasteiger partial charge is 0.407 e. The van der Waals surface area contributed by atoms with Gasteiger partial charge in [-0.2, -0.15) is 0 Å². The molecule has 0 saturated heterocycles. The van der Waals surface area contributed by atoms with Gasteiger partial charge in [-0.25, -0.2) is 9.18 Å². The molecule has 1 amide bonds. The number of hydrogen-bond acceptors (Lipinski definition) is 3. The molecule has 0 aliphatic carbocycles. The molecule has 0 aromatic heterocycles. The van der Waals surface area contributed by atoms with Gasteiger partial charge in [-0.1, -0.05) is 48.6 Å². The fourth-order valence-corrected chi connectivity index (χ4v) is 1.82. The number of amides is 1. The summed E-state index contributed by atoms with van der Waals surface area (Å²) in [4.78, 5) is 11.5. The summed E-state index contributed by atoms with van der Waals surface area (Å²) >= 11 is 0. The highest BCUT2D eigenvalue weighted by molar-refractivity contribution is 5.68. The number of carbonyl (C=O) groups excluding carboxylic acids is 1. The van der Waals surface area contributed by atoms with Crippen LogP contribution in [-0.4, -0.2) is 12.6 Å². The van der Waals surface area contributed by atoms with Crippen LogP contribution in [0.15, 0.2) is 54.6 Å².